The molecule has 17 heavy (non-hydrogen) atoms. The van der Waals surface area contributed by atoms with Gasteiger partial charge in [-0.1, -0.05) is 6.07 Å². The molecular formula is C14H15FO2. The van der Waals surface area contributed by atoms with Crippen molar-refractivity contribution in [3.8, 4) is 0 Å². The van der Waals surface area contributed by atoms with Crippen LogP contribution in [0.2, 0.25) is 0 Å². The van der Waals surface area contributed by atoms with Crippen molar-refractivity contribution in [2.45, 2.75) is 31.3 Å². The number of aliphatic hydroxyl groups is 1. The second-order valence-corrected chi connectivity index (χ2v) is 4.78. The van der Waals surface area contributed by atoms with Gasteiger partial charge in [0, 0.05) is 5.57 Å². The normalized spacial score (nSPS) is 27.3. The lowest BCUT2D eigenvalue weighted by atomic mass is 9.85. The predicted octanol–water partition coefficient (Wildman–Crippen LogP) is 2.65. The third-order valence-corrected chi connectivity index (χ3v) is 3.73. The van der Waals surface area contributed by atoms with Gasteiger partial charge in [-0.25, -0.2) is 4.39 Å². The largest absolute Gasteiger partial charge is 0.501 e. The van der Waals surface area contributed by atoms with Crippen LogP contribution in [0.25, 0.3) is 0 Å². The number of rotatable bonds is 1. The average Bonchev–Trinajstić information content (AvgIpc) is 2.69. The molecule has 2 nitrogen and oxygen atoms in total. The van der Waals surface area contributed by atoms with Gasteiger partial charge in [0.05, 0.1) is 12.9 Å². The zero-order valence-corrected chi connectivity index (χ0v) is 9.58. The third kappa shape index (κ3) is 1.65. The Hall–Kier alpha value is -1.35. The number of benzene rings is 1. The van der Waals surface area contributed by atoms with Crippen LogP contribution in [0.15, 0.2) is 30.0 Å². The minimum absolute atomic E-state index is 0.234. The van der Waals surface area contributed by atoms with Crippen molar-refractivity contribution in [3.05, 3.63) is 47.0 Å². The molecule has 0 bridgehead atoms. The van der Waals surface area contributed by atoms with Gasteiger partial charge in [0.25, 0.3) is 0 Å². The van der Waals surface area contributed by atoms with Crippen LogP contribution < -0.4 is 0 Å². The summed E-state index contributed by atoms with van der Waals surface area (Å²) in [5.74, 6) is -0.234. The lowest BCUT2D eigenvalue weighted by molar-refractivity contribution is 0.0615. The standard InChI is InChI=1S/C14H15FO2/c15-12-3-4-13-10(8-12)5-6-14(13,16)11-2-1-7-17-9-11/h3-4,8-9,16H,1-2,5-7H2. The molecule has 1 atom stereocenters. The van der Waals surface area contributed by atoms with E-state index >= 15 is 0 Å². The summed E-state index contributed by atoms with van der Waals surface area (Å²) in [6.45, 7) is 0.718. The Morgan fingerprint density at radius 2 is 2.18 bits per heavy atom. The molecule has 3 rings (SSSR count). The number of aryl methyl sites for hydroxylation is 1. The Balaban J connectivity index is 2.04. The molecule has 1 aliphatic heterocycles. The second kappa shape index (κ2) is 3.84. The molecule has 0 aromatic heterocycles. The minimum Gasteiger partial charge on any atom is -0.501 e. The van der Waals surface area contributed by atoms with Crippen LogP contribution in [-0.2, 0) is 16.8 Å². The van der Waals surface area contributed by atoms with Crippen molar-refractivity contribution in [1.29, 1.82) is 0 Å². The Morgan fingerprint density at radius 1 is 1.29 bits per heavy atom. The Morgan fingerprint density at radius 3 is 2.94 bits per heavy atom. The van der Waals surface area contributed by atoms with Crippen LogP contribution in [0.3, 0.4) is 0 Å². The summed E-state index contributed by atoms with van der Waals surface area (Å²) >= 11 is 0. The van der Waals surface area contributed by atoms with E-state index in [2.05, 4.69) is 0 Å². The Bertz CT molecular complexity index is 481. The van der Waals surface area contributed by atoms with E-state index in [1.54, 1.807) is 12.3 Å². The number of hydrogen-bond acceptors (Lipinski definition) is 2. The first kappa shape index (κ1) is 10.8. The van der Waals surface area contributed by atoms with Crippen LogP contribution in [0.5, 0.6) is 0 Å². The molecule has 1 aliphatic carbocycles. The van der Waals surface area contributed by atoms with Gasteiger partial charge in [0.2, 0.25) is 0 Å². The van der Waals surface area contributed by atoms with E-state index in [9.17, 15) is 9.50 Å². The minimum atomic E-state index is -0.941. The van der Waals surface area contributed by atoms with Gasteiger partial charge in [-0.2, -0.15) is 0 Å². The van der Waals surface area contributed by atoms with Crippen LogP contribution in [-0.4, -0.2) is 11.7 Å². The van der Waals surface area contributed by atoms with Crippen LogP contribution in [0, 0.1) is 5.82 Å². The van der Waals surface area contributed by atoms with E-state index in [1.165, 1.54) is 12.1 Å². The van der Waals surface area contributed by atoms with Crippen LogP contribution in [0.4, 0.5) is 4.39 Å². The Kier molecular flexibility index (Phi) is 2.44. The first-order valence-electron chi connectivity index (χ1n) is 6.02. The van der Waals surface area contributed by atoms with Gasteiger partial charge in [-0.3, -0.25) is 0 Å². The maximum absolute atomic E-state index is 13.1. The van der Waals surface area contributed by atoms with Crippen molar-refractivity contribution in [1.82, 2.24) is 0 Å². The predicted molar refractivity (Wildman–Crippen MR) is 61.9 cm³/mol. The highest BCUT2D eigenvalue weighted by Gasteiger charge is 2.40. The fourth-order valence-corrected chi connectivity index (χ4v) is 2.83. The molecule has 3 heteroatoms. The fourth-order valence-electron chi connectivity index (χ4n) is 2.83. The molecule has 90 valence electrons. The van der Waals surface area contributed by atoms with E-state index < -0.39 is 5.60 Å². The number of ether oxygens (including phenoxy) is 1. The highest BCUT2D eigenvalue weighted by atomic mass is 19.1. The highest BCUT2D eigenvalue weighted by Crippen LogP contribution is 2.44. The second-order valence-electron chi connectivity index (χ2n) is 4.78. The topological polar surface area (TPSA) is 29.5 Å². The molecule has 1 N–H and O–H groups in total. The molecule has 2 aliphatic rings. The van der Waals surface area contributed by atoms with Gasteiger partial charge in [0.1, 0.15) is 11.4 Å². The zero-order chi connectivity index (χ0) is 11.9. The quantitative estimate of drug-likeness (QED) is 0.809. The van der Waals surface area contributed by atoms with Crippen molar-refractivity contribution in [2.75, 3.05) is 6.61 Å². The number of fused-ring (bicyclic) bond motifs is 1. The summed E-state index contributed by atoms with van der Waals surface area (Å²) < 4.78 is 18.4. The van der Waals surface area contributed by atoms with E-state index in [4.69, 9.17) is 4.74 Å². The summed E-state index contributed by atoms with van der Waals surface area (Å²) in [7, 11) is 0. The molecule has 1 heterocycles. The summed E-state index contributed by atoms with van der Waals surface area (Å²) in [4.78, 5) is 0. The molecule has 1 aromatic rings. The lowest BCUT2D eigenvalue weighted by Gasteiger charge is -2.29. The average molecular weight is 234 g/mol. The molecule has 1 unspecified atom stereocenters. The van der Waals surface area contributed by atoms with Crippen molar-refractivity contribution < 1.29 is 14.2 Å². The molecule has 0 radical (unpaired) electrons. The maximum atomic E-state index is 13.1. The van der Waals surface area contributed by atoms with Gasteiger partial charge in [-0.15, -0.1) is 0 Å². The van der Waals surface area contributed by atoms with Crippen LogP contribution >= 0.6 is 0 Å². The van der Waals surface area contributed by atoms with Gasteiger partial charge < -0.3 is 9.84 Å². The van der Waals surface area contributed by atoms with E-state index in [0.717, 1.165) is 42.6 Å². The van der Waals surface area contributed by atoms with Crippen molar-refractivity contribution >= 4 is 0 Å². The van der Waals surface area contributed by atoms with E-state index in [0.29, 0.717) is 6.42 Å². The summed E-state index contributed by atoms with van der Waals surface area (Å²) in [6.07, 6.45) is 4.82. The summed E-state index contributed by atoms with van der Waals surface area (Å²) in [6, 6.07) is 4.64. The summed E-state index contributed by atoms with van der Waals surface area (Å²) in [5.41, 5.74) is 1.74. The molecular weight excluding hydrogens is 219 g/mol. The van der Waals surface area contributed by atoms with Gasteiger partial charge in [0.15, 0.2) is 0 Å². The van der Waals surface area contributed by atoms with E-state index in [-0.39, 0.29) is 5.82 Å². The highest BCUT2D eigenvalue weighted by molar-refractivity contribution is 5.43. The van der Waals surface area contributed by atoms with Gasteiger partial charge >= 0.3 is 0 Å². The van der Waals surface area contributed by atoms with Gasteiger partial charge in [-0.05, 0) is 48.9 Å². The monoisotopic (exact) mass is 234 g/mol. The number of hydrogen-bond donors (Lipinski definition) is 1. The molecule has 0 amide bonds. The van der Waals surface area contributed by atoms with Crippen LogP contribution in [0.1, 0.15) is 30.4 Å². The molecule has 0 saturated carbocycles. The fraction of sp³-hybridized carbons (Fsp3) is 0.429. The molecule has 0 spiro atoms. The first-order chi connectivity index (χ1) is 8.20. The maximum Gasteiger partial charge on any atom is 0.123 e. The third-order valence-electron chi connectivity index (χ3n) is 3.73. The molecule has 1 aromatic carbocycles. The number of halogens is 1. The molecule has 0 fully saturated rings. The lowest BCUT2D eigenvalue weighted by Crippen LogP contribution is -2.27. The van der Waals surface area contributed by atoms with E-state index in [1.807, 2.05) is 0 Å². The smallest absolute Gasteiger partial charge is 0.123 e. The Labute approximate surface area is 99.7 Å². The first-order valence-corrected chi connectivity index (χ1v) is 6.02. The SMILES string of the molecule is OC1(C2=COCCC2)CCc2cc(F)ccc21. The van der Waals surface area contributed by atoms with Crippen molar-refractivity contribution in [2.24, 2.45) is 0 Å². The molecule has 0 saturated heterocycles. The van der Waals surface area contributed by atoms with Crippen molar-refractivity contribution in [3.63, 3.8) is 0 Å². The summed E-state index contributed by atoms with van der Waals surface area (Å²) in [5, 5.41) is 10.8. The zero-order valence-electron chi connectivity index (χ0n) is 9.58.